The van der Waals surface area contributed by atoms with Gasteiger partial charge in [-0.2, -0.15) is 0 Å². The van der Waals surface area contributed by atoms with E-state index in [1.54, 1.807) is 0 Å². The third-order valence-corrected chi connectivity index (χ3v) is 4.56. The number of ether oxygens (including phenoxy) is 3. The van der Waals surface area contributed by atoms with E-state index in [9.17, 15) is 0 Å². The first-order valence-corrected chi connectivity index (χ1v) is 7.83. The summed E-state index contributed by atoms with van der Waals surface area (Å²) in [5.74, 6) is 1.51. The zero-order valence-electron chi connectivity index (χ0n) is 13.0. The Balaban J connectivity index is 1.60. The van der Waals surface area contributed by atoms with E-state index in [-0.39, 0.29) is 0 Å². The molecule has 21 heavy (non-hydrogen) atoms. The van der Waals surface area contributed by atoms with Gasteiger partial charge in [0.15, 0.2) is 11.5 Å². The maximum Gasteiger partial charge on any atom is 0.163 e. The molecular formula is C17H25NO3. The minimum Gasteiger partial charge on any atom is -0.486 e. The standard InChI is InChI=1S/C17H25NO3/c1-17(2)5-3-13(4-6-17)21-11-12-9-15-16(10-14(12)18)20-8-7-19-15/h9-10,13H,3-8,11,18H2,1-2H3. The Kier molecular flexibility index (Phi) is 3.98. The van der Waals surface area contributed by atoms with Crippen molar-refractivity contribution < 1.29 is 14.2 Å². The molecule has 4 nitrogen and oxygen atoms in total. The lowest BCUT2D eigenvalue weighted by Gasteiger charge is -2.34. The molecule has 1 saturated carbocycles. The summed E-state index contributed by atoms with van der Waals surface area (Å²) in [6.07, 6.45) is 5.09. The molecule has 0 spiro atoms. The largest absolute Gasteiger partial charge is 0.486 e. The number of fused-ring (bicyclic) bond motifs is 1. The molecule has 3 rings (SSSR count). The molecule has 1 aromatic rings. The van der Waals surface area contributed by atoms with Gasteiger partial charge in [0.1, 0.15) is 13.2 Å². The molecule has 2 N–H and O–H groups in total. The Labute approximate surface area is 126 Å². The van der Waals surface area contributed by atoms with Gasteiger partial charge >= 0.3 is 0 Å². The fourth-order valence-corrected chi connectivity index (χ4v) is 3.02. The van der Waals surface area contributed by atoms with E-state index in [0.717, 1.165) is 35.6 Å². The summed E-state index contributed by atoms with van der Waals surface area (Å²) in [6, 6.07) is 3.80. The van der Waals surface area contributed by atoms with Crippen molar-refractivity contribution in [3.8, 4) is 11.5 Å². The van der Waals surface area contributed by atoms with Crippen LogP contribution < -0.4 is 15.2 Å². The highest BCUT2D eigenvalue weighted by Crippen LogP contribution is 2.38. The van der Waals surface area contributed by atoms with Crippen LogP contribution in [-0.2, 0) is 11.3 Å². The van der Waals surface area contributed by atoms with Gasteiger partial charge in [-0.1, -0.05) is 13.8 Å². The van der Waals surface area contributed by atoms with Crippen LogP contribution in [0.15, 0.2) is 12.1 Å². The Morgan fingerprint density at radius 3 is 2.43 bits per heavy atom. The van der Waals surface area contributed by atoms with Gasteiger partial charge in [-0.25, -0.2) is 0 Å². The van der Waals surface area contributed by atoms with Crippen LogP contribution in [0.5, 0.6) is 11.5 Å². The average molecular weight is 291 g/mol. The molecular weight excluding hydrogens is 266 g/mol. The second kappa shape index (κ2) is 5.76. The van der Waals surface area contributed by atoms with Crippen LogP contribution in [0.4, 0.5) is 5.69 Å². The van der Waals surface area contributed by atoms with E-state index in [2.05, 4.69) is 13.8 Å². The molecule has 0 atom stereocenters. The molecule has 1 aromatic carbocycles. The molecule has 116 valence electrons. The summed E-state index contributed by atoms with van der Waals surface area (Å²) < 4.78 is 17.2. The first kappa shape index (κ1) is 14.5. The Morgan fingerprint density at radius 2 is 1.76 bits per heavy atom. The minimum absolute atomic E-state index is 0.352. The molecule has 4 heteroatoms. The maximum absolute atomic E-state index is 6.09. The van der Waals surface area contributed by atoms with Crippen LogP contribution in [0.2, 0.25) is 0 Å². The van der Waals surface area contributed by atoms with E-state index in [1.807, 2.05) is 12.1 Å². The highest BCUT2D eigenvalue weighted by Gasteiger charge is 2.27. The van der Waals surface area contributed by atoms with Crippen molar-refractivity contribution in [2.24, 2.45) is 5.41 Å². The van der Waals surface area contributed by atoms with Gasteiger partial charge in [-0.05, 0) is 37.2 Å². The van der Waals surface area contributed by atoms with E-state index in [0.29, 0.717) is 31.3 Å². The molecule has 0 amide bonds. The second-order valence-corrected chi connectivity index (χ2v) is 6.87. The first-order chi connectivity index (χ1) is 10.0. The smallest absolute Gasteiger partial charge is 0.163 e. The van der Waals surface area contributed by atoms with Crippen LogP contribution in [0.1, 0.15) is 45.1 Å². The van der Waals surface area contributed by atoms with Crippen molar-refractivity contribution in [3.05, 3.63) is 17.7 Å². The zero-order chi connectivity index (χ0) is 14.9. The normalized spacial score (nSPS) is 21.2. The van der Waals surface area contributed by atoms with Gasteiger partial charge < -0.3 is 19.9 Å². The van der Waals surface area contributed by atoms with Crippen LogP contribution in [0.25, 0.3) is 0 Å². The van der Waals surface area contributed by atoms with Crippen LogP contribution in [0.3, 0.4) is 0 Å². The fraction of sp³-hybridized carbons (Fsp3) is 0.647. The first-order valence-electron chi connectivity index (χ1n) is 7.83. The Bertz CT molecular complexity index is 503. The van der Waals surface area contributed by atoms with Crippen molar-refractivity contribution in [3.63, 3.8) is 0 Å². The van der Waals surface area contributed by atoms with Crippen LogP contribution in [-0.4, -0.2) is 19.3 Å². The lowest BCUT2D eigenvalue weighted by Crippen LogP contribution is -2.26. The maximum atomic E-state index is 6.09. The highest BCUT2D eigenvalue weighted by atomic mass is 16.6. The van der Waals surface area contributed by atoms with Crippen molar-refractivity contribution in [1.82, 2.24) is 0 Å². The third kappa shape index (κ3) is 3.43. The molecule has 0 bridgehead atoms. The van der Waals surface area contributed by atoms with Gasteiger partial charge in [0.25, 0.3) is 0 Å². The molecule has 1 aliphatic heterocycles. The quantitative estimate of drug-likeness (QED) is 0.866. The lowest BCUT2D eigenvalue weighted by molar-refractivity contribution is -0.00548. The molecule has 0 saturated heterocycles. The topological polar surface area (TPSA) is 53.7 Å². The van der Waals surface area contributed by atoms with Gasteiger partial charge in [0.05, 0.1) is 12.7 Å². The summed E-state index contributed by atoms with van der Waals surface area (Å²) in [7, 11) is 0. The Morgan fingerprint density at radius 1 is 1.14 bits per heavy atom. The molecule has 2 aliphatic rings. The zero-order valence-corrected chi connectivity index (χ0v) is 13.0. The SMILES string of the molecule is CC1(C)CCC(OCc2cc3c(cc2N)OCCO3)CC1. The number of hydrogen-bond acceptors (Lipinski definition) is 4. The van der Waals surface area contributed by atoms with Crippen molar-refractivity contribution >= 4 is 5.69 Å². The molecule has 1 heterocycles. The van der Waals surface area contributed by atoms with E-state index in [1.165, 1.54) is 12.8 Å². The summed E-state index contributed by atoms with van der Waals surface area (Å²) in [5.41, 5.74) is 8.26. The summed E-state index contributed by atoms with van der Waals surface area (Å²) in [4.78, 5) is 0. The fourth-order valence-electron chi connectivity index (χ4n) is 3.02. The number of nitrogens with two attached hydrogens (primary N) is 1. The lowest BCUT2D eigenvalue weighted by atomic mass is 9.76. The average Bonchev–Trinajstić information content (AvgIpc) is 2.46. The van der Waals surface area contributed by atoms with E-state index < -0.39 is 0 Å². The molecule has 0 radical (unpaired) electrons. The van der Waals surface area contributed by atoms with Gasteiger partial charge in [0.2, 0.25) is 0 Å². The number of anilines is 1. The number of nitrogen functional groups attached to an aromatic ring is 1. The molecule has 0 unspecified atom stereocenters. The van der Waals surface area contributed by atoms with Crippen molar-refractivity contribution in [1.29, 1.82) is 0 Å². The number of rotatable bonds is 3. The summed E-state index contributed by atoms with van der Waals surface area (Å²) >= 11 is 0. The van der Waals surface area contributed by atoms with Gasteiger partial charge in [-0.3, -0.25) is 0 Å². The Hall–Kier alpha value is -1.42. The molecule has 1 aliphatic carbocycles. The predicted molar refractivity (Wildman–Crippen MR) is 82.7 cm³/mol. The van der Waals surface area contributed by atoms with Crippen LogP contribution >= 0.6 is 0 Å². The predicted octanol–water partition coefficient (Wildman–Crippen LogP) is 3.53. The summed E-state index contributed by atoms with van der Waals surface area (Å²) in [5, 5.41) is 0. The van der Waals surface area contributed by atoms with E-state index >= 15 is 0 Å². The van der Waals surface area contributed by atoms with Crippen molar-refractivity contribution in [2.45, 2.75) is 52.2 Å². The highest BCUT2D eigenvalue weighted by molar-refractivity contribution is 5.58. The molecule has 0 aromatic heterocycles. The minimum atomic E-state index is 0.352. The molecule has 1 fully saturated rings. The summed E-state index contributed by atoms with van der Waals surface area (Å²) in [6.45, 7) is 6.40. The van der Waals surface area contributed by atoms with E-state index in [4.69, 9.17) is 19.9 Å². The van der Waals surface area contributed by atoms with Gasteiger partial charge in [-0.15, -0.1) is 0 Å². The van der Waals surface area contributed by atoms with Gasteiger partial charge in [0, 0.05) is 17.3 Å². The number of hydrogen-bond donors (Lipinski definition) is 1. The van der Waals surface area contributed by atoms with Crippen molar-refractivity contribution in [2.75, 3.05) is 18.9 Å². The van der Waals surface area contributed by atoms with Crippen LogP contribution in [0, 0.1) is 5.41 Å². The monoisotopic (exact) mass is 291 g/mol. The third-order valence-electron chi connectivity index (χ3n) is 4.56. The number of benzene rings is 1. The second-order valence-electron chi connectivity index (χ2n) is 6.87.